The van der Waals surface area contributed by atoms with Crippen LogP contribution >= 0.6 is 11.3 Å². The van der Waals surface area contributed by atoms with E-state index in [4.69, 9.17) is 4.74 Å². The summed E-state index contributed by atoms with van der Waals surface area (Å²) in [4.78, 5) is 18.3. The summed E-state index contributed by atoms with van der Waals surface area (Å²) < 4.78 is 5.17. The molecule has 3 aromatic rings. The smallest absolute Gasteiger partial charge is 0.416 e. The maximum absolute atomic E-state index is 12.0. The monoisotopic (exact) mass is 350 g/mol. The van der Waals surface area contributed by atoms with Crippen molar-refractivity contribution in [3.8, 4) is 22.4 Å². The molecule has 25 heavy (non-hydrogen) atoms. The lowest BCUT2D eigenvalue weighted by molar-refractivity contribution is 0.175. The van der Waals surface area contributed by atoms with Crippen LogP contribution in [0.2, 0.25) is 0 Å². The van der Waals surface area contributed by atoms with E-state index in [1.807, 2.05) is 37.4 Å². The molecule has 2 aromatic carbocycles. The fraction of sp³-hybridized carbons (Fsp3) is 0.200. The highest BCUT2D eigenvalue weighted by Crippen LogP contribution is 2.35. The van der Waals surface area contributed by atoms with E-state index in [1.165, 1.54) is 22.5 Å². The number of thiazole rings is 1. The first kappa shape index (κ1) is 15.8. The Labute approximate surface area is 150 Å². The molecule has 4 nitrogen and oxygen atoms in total. The number of nitrogens with zero attached hydrogens (tertiary/aromatic N) is 2. The van der Waals surface area contributed by atoms with Gasteiger partial charge in [0.15, 0.2) is 5.13 Å². The van der Waals surface area contributed by atoms with E-state index in [0.29, 0.717) is 11.7 Å². The van der Waals surface area contributed by atoms with Crippen LogP contribution in [0, 0.1) is 0 Å². The highest BCUT2D eigenvalue weighted by Gasteiger charge is 2.42. The zero-order valence-corrected chi connectivity index (χ0v) is 14.9. The molecule has 5 heteroatoms. The van der Waals surface area contributed by atoms with Crippen molar-refractivity contribution < 1.29 is 9.53 Å². The van der Waals surface area contributed by atoms with E-state index in [9.17, 15) is 4.79 Å². The van der Waals surface area contributed by atoms with Gasteiger partial charge in [-0.05, 0) is 25.0 Å². The topological polar surface area (TPSA) is 42.4 Å². The molecule has 126 valence electrons. The Hall–Kier alpha value is -2.66. The van der Waals surface area contributed by atoms with Crippen molar-refractivity contribution in [2.24, 2.45) is 0 Å². The minimum absolute atomic E-state index is 0.328. The Bertz CT molecular complexity index is 901. The summed E-state index contributed by atoms with van der Waals surface area (Å²) in [6, 6.07) is 18.6. The minimum Gasteiger partial charge on any atom is -0.447 e. The maximum Gasteiger partial charge on any atom is 0.416 e. The summed E-state index contributed by atoms with van der Waals surface area (Å²) in [5.74, 6) is 0. The van der Waals surface area contributed by atoms with E-state index < -0.39 is 0 Å². The van der Waals surface area contributed by atoms with Crippen LogP contribution in [0.4, 0.5) is 9.93 Å². The average Bonchev–Trinajstić information content (AvgIpc) is 3.20. The predicted octanol–water partition coefficient (Wildman–Crippen LogP) is 5.21. The maximum atomic E-state index is 12.0. The van der Waals surface area contributed by atoms with Crippen molar-refractivity contribution >= 4 is 22.6 Å². The lowest BCUT2D eigenvalue weighted by Gasteiger charge is -2.24. The third kappa shape index (κ3) is 2.91. The Morgan fingerprint density at radius 1 is 1.00 bits per heavy atom. The molecule has 0 aliphatic carbocycles. The van der Waals surface area contributed by atoms with Crippen LogP contribution in [-0.4, -0.2) is 23.2 Å². The minimum atomic E-state index is -0.372. The van der Waals surface area contributed by atoms with Crippen molar-refractivity contribution in [2.75, 3.05) is 11.5 Å². The van der Waals surface area contributed by atoms with Crippen molar-refractivity contribution in [3.63, 3.8) is 0 Å². The van der Waals surface area contributed by atoms with Gasteiger partial charge in [0.05, 0.1) is 11.2 Å². The molecular formula is C20H18N2O2S. The molecule has 0 spiro atoms. The third-order valence-corrected chi connectivity index (χ3v) is 5.13. The van der Waals surface area contributed by atoms with Crippen molar-refractivity contribution in [1.82, 2.24) is 4.98 Å². The zero-order valence-electron chi connectivity index (χ0n) is 14.1. The van der Waals surface area contributed by atoms with E-state index in [2.05, 4.69) is 41.4 Å². The van der Waals surface area contributed by atoms with E-state index in [1.54, 1.807) is 4.90 Å². The molecule has 0 bridgehead atoms. The van der Waals surface area contributed by atoms with E-state index >= 15 is 0 Å². The number of hydrogen-bond acceptors (Lipinski definition) is 4. The fourth-order valence-electron chi connectivity index (χ4n) is 2.92. The van der Waals surface area contributed by atoms with Gasteiger partial charge in [-0.1, -0.05) is 54.6 Å². The van der Waals surface area contributed by atoms with Gasteiger partial charge in [0.1, 0.15) is 6.61 Å². The molecule has 4 rings (SSSR count). The van der Waals surface area contributed by atoms with Gasteiger partial charge in [-0.25, -0.2) is 14.7 Å². The molecule has 1 aliphatic heterocycles. The quantitative estimate of drug-likeness (QED) is 0.651. The van der Waals surface area contributed by atoms with Gasteiger partial charge in [0.25, 0.3) is 0 Å². The summed E-state index contributed by atoms with van der Waals surface area (Å²) in [6.45, 7) is 4.34. The predicted molar refractivity (Wildman–Crippen MR) is 101 cm³/mol. The third-order valence-electron chi connectivity index (χ3n) is 4.31. The van der Waals surface area contributed by atoms with Crippen LogP contribution in [-0.2, 0) is 4.74 Å². The number of cyclic esters (lactones) is 1. The Morgan fingerprint density at radius 2 is 1.64 bits per heavy atom. The largest absolute Gasteiger partial charge is 0.447 e. The second-order valence-corrected chi connectivity index (χ2v) is 7.50. The second kappa shape index (κ2) is 6.01. The first-order chi connectivity index (χ1) is 12.0. The zero-order chi connectivity index (χ0) is 17.4. The summed E-state index contributed by atoms with van der Waals surface area (Å²) in [5.41, 5.74) is 3.89. The van der Waals surface area contributed by atoms with Gasteiger partial charge in [-0.2, -0.15) is 0 Å². The number of ether oxygens (including phenoxy) is 1. The SMILES string of the molecule is CC1(C)COC(=O)N1c1nc(-c2ccc(-c3ccccc3)cc2)cs1. The molecule has 0 atom stereocenters. The lowest BCUT2D eigenvalue weighted by Crippen LogP contribution is -2.42. The second-order valence-electron chi connectivity index (χ2n) is 6.66. The lowest BCUT2D eigenvalue weighted by atomic mass is 10.0. The molecular weight excluding hydrogens is 332 g/mol. The number of anilines is 1. The highest BCUT2D eigenvalue weighted by molar-refractivity contribution is 7.14. The average molecular weight is 350 g/mol. The summed E-state index contributed by atoms with van der Waals surface area (Å²) >= 11 is 1.46. The fourth-order valence-corrected chi connectivity index (χ4v) is 3.90. The Morgan fingerprint density at radius 3 is 2.28 bits per heavy atom. The van der Waals surface area contributed by atoms with E-state index in [0.717, 1.165) is 11.3 Å². The van der Waals surface area contributed by atoms with Gasteiger partial charge in [-0.15, -0.1) is 11.3 Å². The summed E-state index contributed by atoms with van der Waals surface area (Å²) in [6.07, 6.45) is -0.328. The van der Waals surface area contributed by atoms with Crippen LogP contribution in [0.15, 0.2) is 60.0 Å². The van der Waals surface area contributed by atoms with Crippen molar-refractivity contribution in [1.29, 1.82) is 0 Å². The Kier molecular flexibility index (Phi) is 3.81. The summed E-state index contributed by atoms with van der Waals surface area (Å²) in [7, 11) is 0. The van der Waals surface area contributed by atoms with Gasteiger partial charge >= 0.3 is 6.09 Å². The molecule has 1 saturated heterocycles. The van der Waals surface area contributed by atoms with Crippen LogP contribution in [0.3, 0.4) is 0 Å². The highest BCUT2D eigenvalue weighted by atomic mass is 32.1. The standard InChI is InChI=1S/C20H18N2O2S/c1-20(2)13-24-19(23)22(20)18-21-17(12-25-18)16-10-8-15(9-11-16)14-6-4-3-5-7-14/h3-12H,13H2,1-2H3. The van der Waals surface area contributed by atoms with Crippen LogP contribution in [0.5, 0.6) is 0 Å². The van der Waals surface area contributed by atoms with Crippen LogP contribution < -0.4 is 4.90 Å². The molecule has 1 aromatic heterocycles. The van der Waals surface area contributed by atoms with Gasteiger partial charge in [0, 0.05) is 10.9 Å². The molecule has 0 unspecified atom stereocenters. The Balaban J connectivity index is 1.61. The van der Waals surface area contributed by atoms with Crippen LogP contribution in [0.25, 0.3) is 22.4 Å². The van der Waals surface area contributed by atoms with Gasteiger partial charge < -0.3 is 4.74 Å². The molecule has 0 saturated carbocycles. The molecule has 1 amide bonds. The number of benzene rings is 2. The first-order valence-electron chi connectivity index (χ1n) is 8.13. The molecule has 1 fully saturated rings. The van der Waals surface area contributed by atoms with E-state index in [-0.39, 0.29) is 11.6 Å². The molecule has 1 aliphatic rings. The number of carbonyl (C=O) groups excluding carboxylic acids is 1. The normalized spacial score (nSPS) is 16.1. The number of rotatable bonds is 3. The number of aromatic nitrogens is 1. The van der Waals surface area contributed by atoms with Crippen LogP contribution in [0.1, 0.15) is 13.8 Å². The number of hydrogen-bond donors (Lipinski definition) is 0. The van der Waals surface area contributed by atoms with Crippen molar-refractivity contribution in [3.05, 3.63) is 60.0 Å². The first-order valence-corrected chi connectivity index (χ1v) is 9.01. The molecule has 2 heterocycles. The van der Waals surface area contributed by atoms with Gasteiger partial charge in [-0.3, -0.25) is 0 Å². The summed E-state index contributed by atoms with van der Waals surface area (Å²) in [5, 5.41) is 2.66. The number of carbonyl (C=O) groups is 1. The molecule has 0 N–H and O–H groups in total. The number of amides is 1. The van der Waals surface area contributed by atoms with Crippen molar-refractivity contribution in [2.45, 2.75) is 19.4 Å². The molecule has 0 radical (unpaired) electrons. The van der Waals surface area contributed by atoms with Gasteiger partial charge in [0.2, 0.25) is 0 Å².